The highest BCUT2D eigenvalue weighted by Crippen LogP contribution is 2.30. The van der Waals surface area contributed by atoms with Gasteiger partial charge in [-0.3, -0.25) is 9.69 Å². The van der Waals surface area contributed by atoms with Crippen LogP contribution in [0.15, 0.2) is 24.4 Å². The van der Waals surface area contributed by atoms with Gasteiger partial charge in [-0.05, 0) is 45.0 Å². The lowest BCUT2D eigenvalue weighted by molar-refractivity contribution is 0.0945. The van der Waals surface area contributed by atoms with E-state index in [4.69, 9.17) is 9.72 Å². The molecule has 6 nitrogen and oxygen atoms in total. The summed E-state index contributed by atoms with van der Waals surface area (Å²) in [6.07, 6.45) is 5.04. The number of nitrogens with zero attached hydrogens (tertiary/aromatic N) is 3. The standard InChI is InChI=1S/C17H24N4O2/c1-20-10-5-8-14(20)16-19-15(13-7-3-4-11-21(13)16)17(22)18-9-6-12-23-2/h3-4,7,11,14H,5-6,8-10,12H2,1-2H3,(H,18,22). The third-order valence-corrected chi connectivity index (χ3v) is 4.42. The monoisotopic (exact) mass is 316 g/mol. The van der Waals surface area contributed by atoms with Crippen molar-refractivity contribution < 1.29 is 9.53 Å². The molecule has 3 rings (SSSR count). The maximum absolute atomic E-state index is 12.5. The van der Waals surface area contributed by atoms with Crippen LogP contribution in [-0.2, 0) is 4.74 Å². The first-order valence-electron chi connectivity index (χ1n) is 8.16. The van der Waals surface area contributed by atoms with Crippen molar-refractivity contribution >= 4 is 11.4 Å². The highest BCUT2D eigenvalue weighted by atomic mass is 16.5. The number of rotatable bonds is 6. The fourth-order valence-electron chi connectivity index (χ4n) is 3.20. The number of carbonyl (C=O) groups excluding carboxylic acids is 1. The number of nitrogens with one attached hydrogen (secondary N) is 1. The van der Waals surface area contributed by atoms with E-state index in [0.29, 0.717) is 18.8 Å². The number of likely N-dealkylation sites (tertiary alicyclic amines) is 1. The Hall–Kier alpha value is -1.92. The molecule has 1 aliphatic rings. The van der Waals surface area contributed by atoms with E-state index in [9.17, 15) is 4.79 Å². The molecule has 6 heteroatoms. The van der Waals surface area contributed by atoms with E-state index in [-0.39, 0.29) is 11.9 Å². The van der Waals surface area contributed by atoms with Crippen molar-refractivity contribution in [2.24, 2.45) is 0 Å². The van der Waals surface area contributed by atoms with Crippen molar-refractivity contribution in [1.82, 2.24) is 19.6 Å². The van der Waals surface area contributed by atoms with Crippen molar-refractivity contribution in [2.75, 3.05) is 33.9 Å². The normalized spacial score (nSPS) is 18.6. The fraction of sp³-hybridized carbons (Fsp3) is 0.529. The Morgan fingerprint density at radius 1 is 1.48 bits per heavy atom. The van der Waals surface area contributed by atoms with Gasteiger partial charge in [0.1, 0.15) is 5.82 Å². The number of pyridine rings is 1. The Balaban J connectivity index is 1.87. The van der Waals surface area contributed by atoms with E-state index in [1.54, 1.807) is 7.11 Å². The summed E-state index contributed by atoms with van der Waals surface area (Å²) in [7, 11) is 3.78. The summed E-state index contributed by atoms with van der Waals surface area (Å²) in [5, 5.41) is 2.93. The Bertz CT molecular complexity index is 682. The van der Waals surface area contributed by atoms with E-state index in [0.717, 1.165) is 30.7 Å². The van der Waals surface area contributed by atoms with E-state index < -0.39 is 0 Å². The Labute approximate surface area is 136 Å². The molecule has 0 spiro atoms. The number of carbonyl (C=O) groups is 1. The SMILES string of the molecule is COCCCNC(=O)c1nc(C2CCCN2C)n2ccccc12. The van der Waals surface area contributed by atoms with Crippen molar-refractivity contribution in [1.29, 1.82) is 0 Å². The summed E-state index contributed by atoms with van der Waals surface area (Å²) in [4.78, 5) is 19.5. The molecule has 0 saturated carbocycles. The maximum Gasteiger partial charge on any atom is 0.272 e. The van der Waals surface area contributed by atoms with Gasteiger partial charge in [0.25, 0.3) is 5.91 Å². The summed E-state index contributed by atoms with van der Waals surface area (Å²) in [5.41, 5.74) is 1.38. The highest BCUT2D eigenvalue weighted by molar-refractivity contribution is 5.99. The molecule has 0 radical (unpaired) electrons. The second-order valence-electron chi connectivity index (χ2n) is 6.02. The Morgan fingerprint density at radius 3 is 3.09 bits per heavy atom. The van der Waals surface area contributed by atoms with Crippen LogP contribution < -0.4 is 5.32 Å². The number of methoxy groups -OCH3 is 1. The molecule has 1 amide bonds. The molecular formula is C17H24N4O2. The molecule has 2 aromatic rings. The Kier molecular flexibility index (Phi) is 4.93. The Morgan fingerprint density at radius 2 is 2.35 bits per heavy atom. The van der Waals surface area contributed by atoms with E-state index in [1.165, 1.54) is 6.42 Å². The van der Waals surface area contributed by atoms with Gasteiger partial charge < -0.3 is 14.5 Å². The molecule has 1 atom stereocenters. The molecule has 1 unspecified atom stereocenters. The molecule has 3 heterocycles. The van der Waals surface area contributed by atoms with Crippen LogP contribution in [0.4, 0.5) is 0 Å². The van der Waals surface area contributed by atoms with Crippen LogP contribution in [0.2, 0.25) is 0 Å². The van der Waals surface area contributed by atoms with Gasteiger partial charge >= 0.3 is 0 Å². The van der Waals surface area contributed by atoms with E-state index in [2.05, 4.69) is 21.7 Å². The van der Waals surface area contributed by atoms with Crippen LogP contribution in [0.5, 0.6) is 0 Å². The highest BCUT2D eigenvalue weighted by Gasteiger charge is 2.28. The third kappa shape index (κ3) is 3.23. The lowest BCUT2D eigenvalue weighted by Crippen LogP contribution is -2.26. The summed E-state index contributed by atoms with van der Waals surface area (Å²) in [5.74, 6) is 0.847. The zero-order chi connectivity index (χ0) is 16.2. The fourth-order valence-corrected chi connectivity index (χ4v) is 3.20. The predicted molar refractivity (Wildman–Crippen MR) is 88.6 cm³/mol. The summed E-state index contributed by atoms with van der Waals surface area (Å²) >= 11 is 0. The number of aromatic nitrogens is 2. The number of hydrogen-bond donors (Lipinski definition) is 1. The number of amides is 1. The van der Waals surface area contributed by atoms with Gasteiger partial charge in [-0.1, -0.05) is 6.07 Å². The average molecular weight is 316 g/mol. The average Bonchev–Trinajstić information content (AvgIpc) is 3.15. The van der Waals surface area contributed by atoms with Crippen molar-refractivity contribution in [3.05, 3.63) is 35.9 Å². The first-order chi connectivity index (χ1) is 11.2. The minimum absolute atomic E-state index is 0.114. The number of imidazole rings is 1. The summed E-state index contributed by atoms with van der Waals surface area (Å²) in [6.45, 7) is 2.31. The number of hydrogen-bond acceptors (Lipinski definition) is 4. The van der Waals surface area contributed by atoms with Gasteiger partial charge in [0, 0.05) is 26.5 Å². The molecule has 1 N–H and O–H groups in total. The van der Waals surface area contributed by atoms with Crippen LogP contribution in [-0.4, -0.2) is 54.0 Å². The minimum Gasteiger partial charge on any atom is -0.385 e. The van der Waals surface area contributed by atoms with Gasteiger partial charge in [-0.2, -0.15) is 0 Å². The molecule has 1 saturated heterocycles. The third-order valence-electron chi connectivity index (χ3n) is 4.42. The zero-order valence-corrected chi connectivity index (χ0v) is 13.8. The van der Waals surface area contributed by atoms with Gasteiger partial charge in [0.2, 0.25) is 0 Å². The van der Waals surface area contributed by atoms with Crippen LogP contribution in [0.3, 0.4) is 0 Å². The molecule has 0 aliphatic carbocycles. The minimum atomic E-state index is -0.114. The zero-order valence-electron chi connectivity index (χ0n) is 13.8. The van der Waals surface area contributed by atoms with Crippen molar-refractivity contribution in [3.63, 3.8) is 0 Å². The van der Waals surface area contributed by atoms with Crippen LogP contribution in [0.1, 0.15) is 41.6 Å². The maximum atomic E-state index is 12.5. The molecule has 2 aromatic heterocycles. The molecular weight excluding hydrogens is 292 g/mol. The van der Waals surface area contributed by atoms with Crippen LogP contribution in [0, 0.1) is 0 Å². The molecule has 1 aliphatic heterocycles. The van der Waals surface area contributed by atoms with Crippen molar-refractivity contribution in [3.8, 4) is 0 Å². The second-order valence-corrected chi connectivity index (χ2v) is 6.02. The number of fused-ring (bicyclic) bond motifs is 1. The summed E-state index contributed by atoms with van der Waals surface area (Å²) < 4.78 is 7.06. The molecule has 1 fully saturated rings. The molecule has 0 bridgehead atoms. The van der Waals surface area contributed by atoms with Crippen molar-refractivity contribution in [2.45, 2.75) is 25.3 Å². The second kappa shape index (κ2) is 7.10. The lowest BCUT2D eigenvalue weighted by Gasteiger charge is -2.17. The van der Waals surface area contributed by atoms with Crippen LogP contribution in [0.25, 0.3) is 5.52 Å². The quantitative estimate of drug-likeness (QED) is 0.827. The van der Waals surface area contributed by atoms with Gasteiger partial charge in [0.15, 0.2) is 5.69 Å². The molecule has 124 valence electrons. The first kappa shape index (κ1) is 16.0. The van der Waals surface area contributed by atoms with E-state index in [1.807, 2.05) is 24.4 Å². The molecule has 23 heavy (non-hydrogen) atoms. The lowest BCUT2D eigenvalue weighted by atomic mass is 10.2. The van der Waals surface area contributed by atoms with Gasteiger partial charge in [0.05, 0.1) is 11.6 Å². The first-order valence-corrected chi connectivity index (χ1v) is 8.16. The number of ether oxygens (including phenoxy) is 1. The van der Waals surface area contributed by atoms with Gasteiger partial charge in [-0.25, -0.2) is 4.98 Å². The topological polar surface area (TPSA) is 58.9 Å². The summed E-state index contributed by atoms with van der Waals surface area (Å²) in [6, 6.07) is 6.16. The smallest absolute Gasteiger partial charge is 0.272 e. The predicted octanol–water partition coefficient (Wildman–Crippen LogP) is 1.87. The van der Waals surface area contributed by atoms with E-state index >= 15 is 0 Å². The molecule has 0 aromatic carbocycles. The largest absolute Gasteiger partial charge is 0.385 e. The van der Waals surface area contributed by atoms with Crippen LogP contribution >= 0.6 is 0 Å². The van der Waals surface area contributed by atoms with Gasteiger partial charge in [-0.15, -0.1) is 0 Å².